The third kappa shape index (κ3) is 2.93. The summed E-state index contributed by atoms with van der Waals surface area (Å²) in [5.41, 5.74) is 7.93. The Labute approximate surface area is 139 Å². The van der Waals surface area contributed by atoms with Crippen molar-refractivity contribution < 1.29 is 4.79 Å². The van der Waals surface area contributed by atoms with Gasteiger partial charge in [-0.25, -0.2) is 0 Å². The first-order valence-electron chi connectivity index (χ1n) is 7.99. The number of carbonyl (C=O) groups excluding carboxylic acids is 1. The molecule has 1 aromatic carbocycles. The van der Waals surface area contributed by atoms with E-state index < -0.39 is 5.91 Å². The first-order chi connectivity index (χ1) is 11.6. The third-order valence-corrected chi connectivity index (χ3v) is 4.11. The Morgan fingerprint density at radius 2 is 1.92 bits per heavy atom. The molecule has 0 saturated heterocycles. The van der Waals surface area contributed by atoms with Gasteiger partial charge in [0.05, 0.1) is 5.52 Å². The standard InChI is InChI=1S/C19H19N3O2/c1-2-3-10-22-12-16(19(20)24)18(23)15-5-4-14(11-17(15)22)13-6-8-21-9-7-13/h4-9,11-12H,2-3,10H2,1H3,(H2,20,24). The van der Waals surface area contributed by atoms with Crippen molar-refractivity contribution in [2.75, 3.05) is 0 Å². The number of fused-ring (bicyclic) bond motifs is 1. The number of benzene rings is 1. The predicted octanol–water partition coefficient (Wildman–Crippen LogP) is 2.96. The van der Waals surface area contributed by atoms with E-state index in [0.717, 1.165) is 36.0 Å². The van der Waals surface area contributed by atoms with E-state index >= 15 is 0 Å². The number of nitrogens with two attached hydrogens (primary N) is 1. The average Bonchev–Trinajstić information content (AvgIpc) is 2.61. The van der Waals surface area contributed by atoms with E-state index in [1.54, 1.807) is 24.7 Å². The van der Waals surface area contributed by atoms with E-state index in [9.17, 15) is 9.59 Å². The zero-order valence-electron chi connectivity index (χ0n) is 13.5. The minimum atomic E-state index is -0.689. The number of rotatable bonds is 5. The number of pyridine rings is 2. The van der Waals surface area contributed by atoms with E-state index in [-0.39, 0.29) is 11.0 Å². The Kier molecular flexibility index (Phi) is 4.42. The number of aromatic nitrogens is 2. The highest BCUT2D eigenvalue weighted by atomic mass is 16.2. The molecule has 0 atom stereocenters. The fraction of sp³-hybridized carbons (Fsp3) is 0.211. The maximum absolute atomic E-state index is 12.5. The molecule has 24 heavy (non-hydrogen) atoms. The van der Waals surface area contributed by atoms with E-state index in [1.807, 2.05) is 28.8 Å². The third-order valence-electron chi connectivity index (χ3n) is 4.11. The van der Waals surface area contributed by atoms with Gasteiger partial charge in [0, 0.05) is 30.5 Å². The normalized spacial score (nSPS) is 10.9. The Morgan fingerprint density at radius 1 is 1.17 bits per heavy atom. The Bertz CT molecular complexity index is 946. The molecule has 0 bridgehead atoms. The van der Waals surface area contributed by atoms with Gasteiger partial charge in [-0.05, 0) is 41.8 Å². The number of hydrogen-bond donors (Lipinski definition) is 1. The molecule has 0 spiro atoms. The Morgan fingerprint density at radius 3 is 2.58 bits per heavy atom. The molecule has 5 heteroatoms. The van der Waals surface area contributed by atoms with Gasteiger partial charge in [0.15, 0.2) is 0 Å². The SMILES string of the molecule is CCCCn1cc(C(N)=O)c(=O)c2ccc(-c3ccncc3)cc21. The summed E-state index contributed by atoms with van der Waals surface area (Å²) in [5, 5.41) is 0.514. The molecule has 0 aliphatic rings. The lowest BCUT2D eigenvalue weighted by Crippen LogP contribution is -2.24. The minimum absolute atomic E-state index is 0.0373. The summed E-state index contributed by atoms with van der Waals surface area (Å²) in [6.45, 7) is 2.83. The van der Waals surface area contributed by atoms with Gasteiger partial charge in [0.1, 0.15) is 5.56 Å². The summed E-state index contributed by atoms with van der Waals surface area (Å²) in [7, 11) is 0. The minimum Gasteiger partial charge on any atom is -0.365 e. The van der Waals surface area contributed by atoms with Crippen molar-refractivity contribution in [2.24, 2.45) is 5.73 Å². The van der Waals surface area contributed by atoms with Crippen molar-refractivity contribution in [3.63, 3.8) is 0 Å². The van der Waals surface area contributed by atoms with Crippen molar-refractivity contribution in [3.8, 4) is 11.1 Å². The monoisotopic (exact) mass is 321 g/mol. The van der Waals surface area contributed by atoms with Gasteiger partial charge in [-0.1, -0.05) is 19.4 Å². The molecule has 0 aliphatic carbocycles. The van der Waals surface area contributed by atoms with Crippen LogP contribution < -0.4 is 11.2 Å². The largest absolute Gasteiger partial charge is 0.365 e. The average molecular weight is 321 g/mol. The molecule has 0 saturated carbocycles. The van der Waals surface area contributed by atoms with Gasteiger partial charge in [-0.15, -0.1) is 0 Å². The molecule has 1 amide bonds. The van der Waals surface area contributed by atoms with E-state index in [0.29, 0.717) is 5.39 Å². The molecule has 0 aliphatic heterocycles. The van der Waals surface area contributed by atoms with Gasteiger partial charge < -0.3 is 10.3 Å². The van der Waals surface area contributed by atoms with Gasteiger partial charge in [0.25, 0.3) is 5.91 Å². The Balaban J connectivity index is 2.25. The molecule has 2 N–H and O–H groups in total. The van der Waals surface area contributed by atoms with Crippen LogP contribution in [0.15, 0.2) is 53.7 Å². The first kappa shape index (κ1) is 15.9. The topological polar surface area (TPSA) is 78.0 Å². The Hall–Kier alpha value is -2.95. The lowest BCUT2D eigenvalue weighted by atomic mass is 10.0. The van der Waals surface area contributed by atoms with Crippen molar-refractivity contribution in [1.82, 2.24) is 9.55 Å². The molecule has 2 heterocycles. The number of hydrogen-bond acceptors (Lipinski definition) is 3. The van der Waals surface area contributed by atoms with Crippen LogP contribution in [0.3, 0.4) is 0 Å². The number of unbranched alkanes of at least 4 members (excludes halogenated alkanes) is 1. The quantitative estimate of drug-likeness (QED) is 0.784. The van der Waals surface area contributed by atoms with Crippen molar-refractivity contribution in [3.05, 3.63) is 64.7 Å². The second kappa shape index (κ2) is 6.66. The van der Waals surface area contributed by atoms with Crippen LogP contribution >= 0.6 is 0 Å². The molecule has 3 rings (SSSR count). The molecule has 3 aromatic rings. The van der Waals surface area contributed by atoms with Crippen molar-refractivity contribution in [1.29, 1.82) is 0 Å². The van der Waals surface area contributed by atoms with Crippen LogP contribution in [0.1, 0.15) is 30.1 Å². The van der Waals surface area contributed by atoms with E-state index in [2.05, 4.69) is 11.9 Å². The fourth-order valence-electron chi connectivity index (χ4n) is 2.80. The lowest BCUT2D eigenvalue weighted by molar-refractivity contribution is 0.0998. The first-order valence-corrected chi connectivity index (χ1v) is 7.99. The molecule has 0 fully saturated rings. The summed E-state index contributed by atoms with van der Waals surface area (Å²) < 4.78 is 1.95. The van der Waals surface area contributed by atoms with Gasteiger partial charge >= 0.3 is 0 Å². The second-order valence-electron chi connectivity index (χ2n) is 5.75. The van der Waals surface area contributed by atoms with Crippen molar-refractivity contribution >= 4 is 16.8 Å². The zero-order valence-corrected chi connectivity index (χ0v) is 13.5. The molecular weight excluding hydrogens is 302 g/mol. The van der Waals surface area contributed by atoms with E-state index in [4.69, 9.17) is 5.73 Å². The number of aryl methyl sites for hydroxylation is 1. The summed E-state index contributed by atoms with van der Waals surface area (Å²) in [6, 6.07) is 9.48. The molecule has 122 valence electrons. The summed E-state index contributed by atoms with van der Waals surface area (Å²) in [4.78, 5) is 28.1. The van der Waals surface area contributed by atoms with Crippen molar-refractivity contribution in [2.45, 2.75) is 26.3 Å². The summed E-state index contributed by atoms with van der Waals surface area (Å²) in [6.07, 6.45) is 7.03. The van der Waals surface area contributed by atoms with Gasteiger partial charge in [-0.3, -0.25) is 14.6 Å². The zero-order chi connectivity index (χ0) is 17.1. The molecule has 5 nitrogen and oxygen atoms in total. The summed E-state index contributed by atoms with van der Waals surface area (Å²) >= 11 is 0. The van der Waals surface area contributed by atoms with Crippen LogP contribution in [0.5, 0.6) is 0 Å². The van der Waals surface area contributed by atoms with Crippen LogP contribution in [0.4, 0.5) is 0 Å². The highest BCUT2D eigenvalue weighted by molar-refractivity contribution is 5.96. The fourth-order valence-corrected chi connectivity index (χ4v) is 2.80. The highest BCUT2D eigenvalue weighted by Crippen LogP contribution is 2.23. The van der Waals surface area contributed by atoms with Crippen LogP contribution in [0.2, 0.25) is 0 Å². The smallest absolute Gasteiger partial charge is 0.254 e. The number of amides is 1. The van der Waals surface area contributed by atoms with Crippen LogP contribution in [0.25, 0.3) is 22.0 Å². The van der Waals surface area contributed by atoms with Gasteiger partial charge in [-0.2, -0.15) is 0 Å². The number of primary amides is 1. The lowest BCUT2D eigenvalue weighted by Gasteiger charge is -2.13. The van der Waals surface area contributed by atoms with Crippen LogP contribution in [0, 0.1) is 0 Å². The predicted molar refractivity (Wildman–Crippen MR) is 94.9 cm³/mol. The summed E-state index contributed by atoms with van der Waals surface area (Å²) in [5.74, 6) is -0.689. The maximum Gasteiger partial charge on any atom is 0.254 e. The maximum atomic E-state index is 12.5. The molecule has 0 unspecified atom stereocenters. The number of carbonyl (C=O) groups is 1. The number of nitrogens with zero attached hydrogens (tertiary/aromatic N) is 2. The van der Waals surface area contributed by atoms with E-state index in [1.165, 1.54) is 0 Å². The van der Waals surface area contributed by atoms with Gasteiger partial charge in [0.2, 0.25) is 5.43 Å². The molecular formula is C19H19N3O2. The highest BCUT2D eigenvalue weighted by Gasteiger charge is 2.13. The van der Waals surface area contributed by atoms with Crippen LogP contribution in [-0.4, -0.2) is 15.5 Å². The second-order valence-corrected chi connectivity index (χ2v) is 5.75. The molecule has 2 aromatic heterocycles. The molecule has 0 radical (unpaired) electrons. The van der Waals surface area contributed by atoms with Crippen LogP contribution in [-0.2, 0) is 6.54 Å².